The number of aliphatic hydroxyl groups is 1. The van der Waals surface area contributed by atoms with Gasteiger partial charge in [-0.25, -0.2) is 0 Å². The SMILES string of the molecule is C#C[C@](C)(CC)OC[C@@H](O)CN1CCN(c2ccccc2OC)CC1. The predicted octanol–water partition coefficient (Wildman–Crippen LogP) is 2.00. The fourth-order valence-corrected chi connectivity index (χ4v) is 2.94. The van der Waals surface area contributed by atoms with Crippen LogP contribution in [0.3, 0.4) is 0 Å². The van der Waals surface area contributed by atoms with Crippen molar-refractivity contribution in [2.75, 3.05) is 51.3 Å². The molecule has 1 aromatic rings. The second-order valence-corrected chi connectivity index (χ2v) is 6.65. The summed E-state index contributed by atoms with van der Waals surface area (Å²) in [7, 11) is 1.70. The van der Waals surface area contributed by atoms with Crippen molar-refractivity contribution in [2.45, 2.75) is 32.0 Å². The lowest BCUT2D eigenvalue weighted by molar-refractivity contribution is -0.0473. The molecule has 0 saturated carbocycles. The summed E-state index contributed by atoms with van der Waals surface area (Å²) in [5.74, 6) is 3.56. The van der Waals surface area contributed by atoms with Crippen molar-refractivity contribution in [3.05, 3.63) is 24.3 Å². The van der Waals surface area contributed by atoms with Gasteiger partial charge in [0.1, 0.15) is 11.4 Å². The van der Waals surface area contributed by atoms with Crippen LogP contribution in [0, 0.1) is 12.3 Å². The minimum atomic E-state index is -0.594. The highest BCUT2D eigenvalue weighted by atomic mass is 16.5. The van der Waals surface area contributed by atoms with E-state index in [0.29, 0.717) is 6.54 Å². The van der Waals surface area contributed by atoms with Crippen molar-refractivity contribution in [1.29, 1.82) is 0 Å². The maximum atomic E-state index is 10.3. The quantitative estimate of drug-likeness (QED) is 0.730. The van der Waals surface area contributed by atoms with Crippen molar-refractivity contribution in [1.82, 2.24) is 4.90 Å². The molecule has 1 fully saturated rings. The second-order valence-electron chi connectivity index (χ2n) is 6.65. The van der Waals surface area contributed by atoms with Crippen molar-refractivity contribution in [3.63, 3.8) is 0 Å². The molecule has 0 aromatic heterocycles. The van der Waals surface area contributed by atoms with E-state index in [1.54, 1.807) is 7.11 Å². The summed E-state index contributed by atoms with van der Waals surface area (Å²) in [6.45, 7) is 8.35. The highest BCUT2D eigenvalue weighted by Gasteiger charge is 2.24. The van der Waals surface area contributed by atoms with Crippen LogP contribution in [0.1, 0.15) is 20.3 Å². The molecule has 1 heterocycles. The van der Waals surface area contributed by atoms with Crippen LogP contribution >= 0.6 is 0 Å². The maximum absolute atomic E-state index is 10.3. The van der Waals surface area contributed by atoms with Gasteiger partial charge in [0.05, 0.1) is 25.5 Å². The van der Waals surface area contributed by atoms with Crippen LogP contribution in [-0.4, -0.2) is 68.2 Å². The van der Waals surface area contributed by atoms with E-state index in [1.807, 2.05) is 32.0 Å². The van der Waals surface area contributed by atoms with Crippen LogP contribution in [-0.2, 0) is 4.74 Å². The topological polar surface area (TPSA) is 45.2 Å². The fourth-order valence-electron chi connectivity index (χ4n) is 2.94. The Morgan fingerprint density at radius 1 is 1.28 bits per heavy atom. The Hall–Kier alpha value is -1.74. The van der Waals surface area contributed by atoms with Crippen LogP contribution in [0.25, 0.3) is 0 Å². The van der Waals surface area contributed by atoms with Crippen LogP contribution in [0.5, 0.6) is 5.75 Å². The Kier molecular flexibility index (Phi) is 7.12. The minimum absolute atomic E-state index is 0.265. The Morgan fingerprint density at radius 3 is 2.56 bits per heavy atom. The molecule has 1 saturated heterocycles. The molecule has 0 bridgehead atoms. The van der Waals surface area contributed by atoms with Gasteiger partial charge < -0.3 is 19.5 Å². The number of aliphatic hydroxyl groups excluding tert-OH is 1. The first-order chi connectivity index (χ1) is 12.0. The van der Waals surface area contributed by atoms with Crippen molar-refractivity contribution >= 4 is 5.69 Å². The zero-order valence-electron chi connectivity index (χ0n) is 15.6. The molecule has 0 aliphatic carbocycles. The highest BCUT2D eigenvalue weighted by Crippen LogP contribution is 2.28. The Balaban J connectivity index is 1.79. The van der Waals surface area contributed by atoms with E-state index in [1.165, 1.54) is 0 Å². The van der Waals surface area contributed by atoms with Gasteiger partial charge in [0.25, 0.3) is 0 Å². The number of benzene rings is 1. The molecule has 1 aliphatic rings. The Labute approximate surface area is 151 Å². The van der Waals surface area contributed by atoms with Gasteiger partial charge >= 0.3 is 0 Å². The first-order valence-corrected chi connectivity index (χ1v) is 8.91. The maximum Gasteiger partial charge on any atom is 0.142 e. The molecule has 1 aliphatic heterocycles. The first-order valence-electron chi connectivity index (χ1n) is 8.91. The monoisotopic (exact) mass is 346 g/mol. The van der Waals surface area contributed by atoms with Gasteiger partial charge in [-0.2, -0.15) is 0 Å². The van der Waals surface area contributed by atoms with E-state index < -0.39 is 11.7 Å². The molecule has 0 amide bonds. The fraction of sp³-hybridized carbons (Fsp3) is 0.600. The lowest BCUT2D eigenvalue weighted by Gasteiger charge is -2.37. The van der Waals surface area contributed by atoms with Gasteiger partial charge in [0, 0.05) is 32.7 Å². The first kappa shape index (κ1) is 19.6. The molecule has 138 valence electrons. The van der Waals surface area contributed by atoms with E-state index in [4.69, 9.17) is 15.9 Å². The zero-order chi connectivity index (χ0) is 18.3. The number of nitrogens with zero attached hydrogens (tertiary/aromatic N) is 2. The number of rotatable bonds is 8. The van der Waals surface area contributed by atoms with Crippen molar-refractivity contribution in [3.8, 4) is 18.1 Å². The molecular weight excluding hydrogens is 316 g/mol. The molecule has 2 atom stereocenters. The van der Waals surface area contributed by atoms with Gasteiger partial charge in [0.2, 0.25) is 0 Å². The average molecular weight is 346 g/mol. The number of anilines is 1. The summed E-state index contributed by atoms with van der Waals surface area (Å²) in [4.78, 5) is 4.59. The lowest BCUT2D eigenvalue weighted by atomic mass is 10.1. The molecule has 1 aromatic carbocycles. The molecule has 1 N–H and O–H groups in total. The Morgan fingerprint density at radius 2 is 1.96 bits per heavy atom. The molecule has 0 radical (unpaired) electrons. The number of methoxy groups -OCH3 is 1. The summed E-state index contributed by atoms with van der Waals surface area (Å²) >= 11 is 0. The minimum Gasteiger partial charge on any atom is -0.495 e. The third kappa shape index (κ3) is 5.37. The van der Waals surface area contributed by atoms with Crippen LogP contribution in [0.2, 0.25) is 0 Å². The molecule has 25 heavy (non-hydrogen) atoms. The molecule has 5 heteroatoms. The Bertz CT molecular complexity index is 579. The lowest BCUT2D eigenvalue weighted by Crippen LogP contribution is -2.49. The van der Waals surface area contributed by atoms with Crippen LogP contribution in [0.4, 0.5) is 5.69 Å². The standard InChI is InChI=1S/C20H30N2O3/c1-5-20(3,6-2)25-16-17(23)15-21-11-13-22(14-12-21)18-9-7-8-10-19(18)24-4/h1,7-10,17,23H,6,11-16H2,2-4H3/t17-,20+/m0/s1. The average Bonchev–Trinajstić information content (AvgIpc) is 2.66. The van der Waals surface area contributed by atoms with Gasteiger partial charge in [-0.15, -0.1) is 6.42 Å². The molecule has 2 rings (SSSR count). The number of ether oxygens (including phenoxy) is 2. The number of hydrogen-bond donors (Lipinski definition) is 1. The summed E-state index contributed by atoms with van der Waals surface area (Å²) in [6, 6.07) is 8.08. The summed E-state index contributed by atoms with van der Waals surface area (Å²) in [5.41, 5.74) is 0.532. The second kappa shape index (κ2) is 9.10. The van der Waals surface area contributed by atoms with E-state index in [9.17, 15) is 5.11 Å². The predicted molar refractivity (Wildman–Crippen MR) is 101 cm³/mol. The molecular formula is C20H30N2O3. The van der Waals surface area contributed by atoms with Crippen molar-refractivity contribution < 1.29 is 14.6 Å². The van der Waals surface area contributed by atoms with E-state index in [2.05, 4.69) is 21.8 Å². The molecule has 0 spiro atoms. The smallest absolute Gasteiger partial charge is 0.142 e. The number of piperazine rings is 1. The largest absolute Gasteiger partial charge is 0.495 e. The number of terminal acetylenes is 1. The van der Waals surface area contributed by atoms with Crippen LogP contribution < -0.4 is 9.64 Å². The third-order valence-electron chi connectivity index (χ3n) is 4.84. The number of hydrogen-bond acceptors (Lipinski definition) is 5. The zero-order valence-corrected chi connectivity index (χ0v) is 15.6. The third-order valence-corrected chi connectivity index (χ3v) is 4.84. The van der Waals surface area contributed by atoms with E-state index in [0.717, 1.165) is 44.0 Å². The van der Waals surface area contributed by atoms with Crippen molar-refractivity contribution in [2.24, 2.45) is 0 Å². The number of β-amino-alcohol motifs (C(OH)–C–C–N with tert-alkyl or cyclic N) is 1. The van der Waals surface area contributed by atoms with Gasteiger partial charge in [-0.05, 0) is 25.5 Å². The van der Waals surface area contributed by atoms with Gasteiger partial charge in [-0.1, -0.05) is 25.0 Å². The van der Waals surface area contributed by atoms with Gasteiger partial charge in [-0.3, -0.25) is 4.90 Å². The van der Waals surface area contributed by atoms with E-state index in [-0.39, 0.29) is 6.61 Å². The molecule has 0 unspecified atom stereocenters. The number of para-hydroxylation sites is 2. The normalized spacial score (nSPS) is 19.1. The summed E-state index contributed by atoms with van der Waals surface area (Å²) < 4.78 is 11.2. The summed E-state index contributed by atoms with van der Waals surface area (Å²) in [6.07, 6.45) is 5.70. The molecule has 5 nitrogen and oxygen atoms in total. The highest BCUT2D eigenvalue weighted by molar-refractivity contribution is 5.58. The van der Waals surface area contributed by atoms with Gasteiger partial charge in [0.15, 0.2) is 0 Å². The van der Waals surface area contributed by atoms with E-state index >= 15 is 0 Å². The summed E-state index contributed by atoms with van der Waals surface area (Å²) in [5, 5.41) is 10.3. The van der Waals surface area contributed by atoms with Crippen LogP contribution in [0.15, 0.2) is 24.3 Å².